The molecule has 22 heavy (non-hydrogen) atoms. The van der Waals surface area contributed by atoms with E-state index in [9.17, 15) is 9.59 Å². The van der Waals surface area contributed by atoms with Gasteiger partial charge in [0.05, 0.1) is 18.8 Å². The van der Waals surface area contributed by atoms with Crippen molar-refractivity contribution in [2.24, 2.45) is 5.73 Å². The minimum atomic E-state index is -0.493. The number of piperazine rings is 1. The van der Waals surface area contributed by atoms with Crippen LogP contribution in [0.25, 0.3) is 0 Å². The van der Waals surface area contributed by atoms with E-state index in [0.29, 0.717) is 43.3 Å². The molecule has 0 aromatic carbocycles. The van der Waals surface area contributed by atoms with Gasteiger partial charge in [0.2, 0.25) is 0 Å². The number of thiophene rings is 1. The molecule has 1 aromatic heterocycles. The van der Waals surface area contributed by atoms with Gasteiger partial charge in [-0.05, 0) is 19.0 Å². The average Bonchev–Trinajstić information content (AvgIpc) is 2.85. The molecule has 2 aliphatic rings. The van der Waals surface area contributed by atoms with Crippen LogP contribution in [0.5, 0.6) is 0 Å². The van der Waals surface area contributed by atoms with Crippen molar-refractivity contribution in [2.45, 2.75) is 13.0 Å². The summed E-state index contributed by atoms with van der Waals surface area (Å²) in [6.45, 7) is 4.13. The van der Waals surface area contributed by atoms with Crippen LogP contribution in [0.2, 0.25) is 0 Å². The Kier molecular flexibility index (Phi) is 4.32. The minimum Gasteiger partial charge on any atom is -0.376 e. The van der Waals surface area contributed by atoms with Crippen molar-refractivity contribution in [3.8, 4) is 0 Å². The maximum Gasteiger partial charge on any atom is 0.322 e. The quantitative estimate of drug-likeness (QED) is 0.838. The summed E-state index contributed by atoms with van der Waals surface area (Å²) in [5, 5.41) is 3.41. The van der Waals surface area contributed by atoms with E-state index in [0.717, 1.165) is 23.5 Å². The number of nitrogens with two attached hydrogens (primary N) is 1. The van der Waals surface area contributed by atoms with Crippen molar-refractivity contribution < 1.29 is 14.3 Å². The minimum absolute atomic E-state index is 0.171. The van der Waals surface area contributed by atoms with E-state index in [1.807, 2.05) is 7.05 Å². The molecule has 1 fully saturated rings. The molecule has 1 saturated heterocycles. The van der Waals surface area contributed by atoms with E-state index in [1.165, 1.54) is 11.3 Å². The number of carbonyl (C=O) groups is 2. The number of carbonyl (C=O) groups excluding carboxylic acids is 2. The Morgan fingerprint density at radius 2 is 2.00 bits per heavy atom. The Labute approximate surface area is 133 Å². The fourth-order valence-electron chi connectivity index (χ4n) is 2.77. The maximum absolute atomic E-state index is 12.4. The highest BCUT2D eigenvalue weighted by Gasteiger charge is 2.27. The topological polar surface area (TPSA) is 87.9 Å². The predicted molar refractivity (Wildman–Crippen MR) is 84.3 cm³/mol. The van der Waals surface area contributed by atoms with Crippen molar-refractivity contribution in [1.82, 2.24) is 9.80 Å². The van der Waals surface area contributed by atoms with Crippen molar-refractivity contribution >= 4 is 28.3 Å². The van der Waals surface area contributed by atoms with E-state index in [2.05, 4.69) is 10.2 Å². The summed E-state index contributed by atoms with van der Waals surface area (Å²) in [5.74, 6) is -0.493. The van der Waals surface area contributed by atoms with E-state index >= 15 is 0 Å². The van der Waals surface area contributed by atoms with Crippen molar-refractivity contribution in [2.75, 3.05) is 45.2 Å². The highest BCUT2D eigenvalue weighted by molar-refractivity contribution is 7.17. The van der Waals surface area contributed by atoms with Crippen LogP contribution in [0.15, 0.2) is 0 Å². The number of nitrogens with zero attached hydrogens (tertiary/aromatic N) is 2. The normalized spacial score (nSPS) is 18.9. The van der Waals surface area contributed by atoms with Crippen LogP contribution in [-0.4, -0.2) is 61.6 Å². The van der Waals surface area contributed by atoms with Crippen molar-refractivity contribution in [3.05, 3.63) is 16.0 Å². The Hall–Kier alpha value is -1.64. The molecule has 0 aliphatic carbocycles. The molecule has 0 unspecified atom stereocenters. The van der Waals surface area contributed by atoms with Gasteiger partial charge in [0, 0.05) is 31.1 Å². The Bertz CT molecular complexity index is 593. The van der Waals surface area contributed by atoms with Crippen LogP contribution in [0.4, 0.5) is 9.80 Å². The van der Waals surface area contributed by atoms with Crippen LogP contribution < -0.4 is 11.1 Å². The number of nitrogens with one attached hydrogen (secondary N) is 1. The molecule has 0 bridgehead atoms. The molecule has 3 amide bonds. The molecular weight excluding hydrogens is 304 g/mol. The highest BCUT2D eigenvalue weighted by atomic mass is 32.1. The van der Waals surface area contributed by atoms with Gasteiger partial charge in [-0.2, -0.15) is 0 Å². The Morgan fingerprint density at radius 3 is 2.68 bits per heavy atom. The van der Waals surface area contributed by atoms with Gasteiger partial charge in [0.1, 0.15) is 5.00 Å². The van der Waals surface area contributed by atoms with Crippen LogP contribution in [0.3, 0.4) is 0 Å². The van der Waals surface area contributed by atoms with Crippen LogP contribution in [0.1, 0.15) is 20.8 Å². The zero-order valence-electron chi connectivity index (χ0n) is 12.6. The van der Waals surface area contributed by atoms with Crippen LogP contribution >= 0.6 is 11.3 Å². The van der Waals surface area contributed by atoms with Gasteiger partial charge < -0.3 is 20.3 Å². The molecule has 3 rings (SSSR count). The van der Waals surface area contributed by atoms with E-state index in [1.54, 1.807) is 4.90 Å². The number of amides is 3. The molecule has 0 radical (unpaired) electrons. The number of hydrogen-bond donors (Lipinski definition) is 2. The summed E-state index contributed by atoms with van der Waals surface area (Å²) in [7, 11) is 2.04. The summed E-state index contributed by atoms with van der Waals surface area (Å²) < 4.78 is 5.41. The summed E-state index contributed by atoms with van der Waals surface area (Å²) >= 11 is 1.39. The molecule has 1 aromatic rings. The smallest absolute Gasteiger partial charge is 0.322 e. The number of ether oxygens (including phenoxy) is 1. The predicted octanol–water partition coefficient (Wildman–Crippen LogP) is 0.699. The molecule has 0 atom stereocenters. The number of likely N-dealkylation sites (N-methyl/N-ethyl adjacent to an activating group) is 1. The van der Waals surface area contributed by atoms with Crippen molar-refractivity contribution in [1.29, 1.82) is 0 Å². The molecule has 0 spiro atoms. The second kappa shape index (κ2) is 6.23. The lowest BCUT2D eigenvalue weighted by Gasteiger charge is -2.32. The van der Waals surface area contributed by atoms with Crippen LogP contribution in [0, 0.1) is 0 Å². The van der Waals surface area contributed by atoms with Gasteiger partial charge in [-0.25, -0.2) is 4.79 Å². The van der Waals surface area contributed by atoms with E-state index < -0.39 is 5.91 Å². The van der Waals surface area contributed by atoms with Crippen LogP contribution in [-0.2, 0) is 17.8 Å². The van der Waals surface area contributed by atoms with Gasteiger partial charge in [0.25, 0.3) is 5.91 Å². The molecule has 7 nitrogen and oxygen atoms in total. The third kappa shape index (κ3) is 2.94. The standard InChI is InChI=1S/C14H20N4O3S/c1-17-3-5-18(6-4-17)14(20)16-13-11(12(15)19)9-2-7-21-8-10(9)22-13/h2-8H2,1H3,(H2,15,19)(H,16,20). The fraction of sp³-hybridized carbons (Fsp3) is 0.571. The second-order valence-corrected chi connectivity index (χ2v) is 6.70. The average molecular weight is 324 g/mol. The van der Waals surface area contributed by atoms with E-state index in [4.69, 9.17) is 10.5 Å². The lowest BCUT2D eigenvalue weighted by Crippen LogP contribution is -2.48. The first-order valence-electron chi connectivity index (χ1n) is 7.33. The summed E-state index contributed by atoms with van der Waals surface area (Å²) in [5.41, 5.74) is 6.89. The summed E-state index contributed by atoms with van der Waals surface area (Å²) in [4.78, 5) is 29.1. The number of hydrogen-bond acceptors (Lipinski definition) is 5. The second-order valence-electron chi connectivity index (χ2n) is 5.60. The first-order chi connectivity index (χ1) is 10.6. The lowest BCUT2D eigenvalue weighted by atomic mass is 10.1. The third-order valence-corrected chi connectivity index (χ3v) is 5.20. The number of anilines is 1. The van der Waals surface area contributed by atoms with Gasteiger partial charge in [-0.1, -0.05) is 0 Å². The Balaban J connectivity index is 1.78. The SMILES string of the molecule is CN1CCN(C(=O)Nc2sc3c(c2C(N)=O)CCOC3)CC1. The zero-order valence-corrected chi connectivity index (χ0v) is 13.4. The number of urea groups is 1. The van der Waals surface area contributed by atoms with E-state index in [-0.39, 0.29) is 6.03 Å². The molecule has 120 valence electrons. The van der Waals surface area contributed by atoms with Gasteiger partial charge in [-0.3, -0.25) is 10.1 Å². The third-order valence-electron chi connectivity index (χ3n) is 4.08. The monoisotopic (exact) mass is 324 g/mol. The van der Waals surface area contributed by atoms with Gasteiger partial charge >= 0.3 is 6.03 Å². The highest BCUT2D eigenvalue weighted by Crippen LogP contribution is 2.36. The zero-order chi connectivity index (χ0) is 15.7. The first kappa shape index (κ1) is 15.3. The molecule has 3 N–H and O–H groups in total. The number of rotatable bonds is 2. The van der Waals surface area contributed by atoms with Gasteiger partial charge in [-0.15, -0.1) is 11.3 Å². The summed E-state index contributed by atoms with van der Waals surface area (Å²) in [6.07, 6.45) is 0.661. The maximum atomic E-state index is 12.4. The molecule has 8 heteroatoms. The fourth-order valence-corrected chi connectivity index (χ4v) is 3.95. The molecule has 0 saturated carbocycles. The number of primary amides is 1. The lowest BCUT2D eigenvalue weighted by molar-refractivity contribution is 0.0991. The first-order valence-corrected chi connectivity index (χ1v) is 8.14. The molecule has 2 aliphatic heterocycles. The molecule has 3 heterocycles. The van der Waals surface area contributed by atoms with Crippen molar-refractivity contribution in [3.63, 3.8) is 0 Å². The van der Waals surface area contributed by atoms with Gasteiger partial charge in [0.15, 0.2) is 0 Å². The molecular formula is C14H20N4O3S. The Morgan fingerprint density at radius 1 is 1.27 bits per heavy atom. The largest absolute Gasteiger partial charge is 0.376 e. The number of fused-ring (bicyclic) bond motifs is 1. The summed E-state index contributed by atoms with van der Waals surface area (Å²) in [6, 6.07) is -0.171.